The van der Waals surface area contributed by atoms with Crippen molar-refractivity contribution in [3.63, 3.8) is 0 Å². The molecule has 0 saturated carbocycles. The summed E-state index contributed by atoms with van der Waals surface area (Å²) in [6.45, 7) is 0. The van der Waals surface area contributed by atoms with Gasteiger partial charge in [-0.1, -0.05) is 36.4 Å². The molecule has 4 nitrogen and oxygen atoms in total. The molecule has 4 aromatic rings. The first-order valence-corrected chi connectivity index (χ1v) is 11.0. The van der Waals surface area contributed by atoms with Crippen LogP contribution in [0, 0.1) is 3.57 Å². The molecule has 0 aliphatic carbocycles. The quantitative estimate of drug-likeness (QED) is 0.305. The molecule has 2 heterocycles. The lowest BCUT2D eigenvalue weighted by molar-refractivity contribution is 0.416. The van der Waals surface area contributed by atoms with Gasteiger partial charge >= 0.3 is 0 Å². The SMILES string of the molecule is C=S(=O)(c1ccccc1)n1cc(I)c2cc(-c3ccccc3OC)cnc21. The van der Waals surface area contributed by atoms with Crippen molar-refractivity contribution in [2.45, 2.75) is 4.90 Å². The Balaban J connectivity index is 1.90. The van der Waals surface area contributed by atoms with E-state index in [-0.39, 0.29) is 0 Å². The molecule has 0 spiro atoms. The molecule has 0 amide bonds. The average Bonchev–Trinajstić information content (AvgIpc) is 3.05. The second-order valence-electron chi connectivity index (χ2n) is 6.05. The molecule has 4 rings (SSSR count). The molecule has 1 atom stereocenters. The van der Waals surface area contributed by atoms with Gasteiger partial charge in [-0.3, -0.25) is 3.97 Å². The zero-order chi connectivity index (χ0) is 19.0. The fourth-order valence-electron chi connectivity index (χ4n) is 3.04. The molecular formula is C21H17IN2O2S. The molecule has 0 bridgehead atoms. The summed E-state index contributed by atoms with van der Waals surface area (Å²) in [5, 5.41) is 0.936. The van der Waals surface area contributed by atoms with Crippen LogP contribution in [-0.2, 0) is 9.71 Å². The molecule has 27 heavy (non-hydrogen) atoms. The number of ether oxygens (including phenoxy) is 1. The molecule has 0 fully saturated rings. The van der Waals surface area contributed by atoms with Crippen LogP contribution >= 0.6 is 22.6 Å². The van der Waals surface area contributed by atoms with Crippen molar-refractivity contribution in [3.05, 3.63) is 76.6 Å². The minimum absolute atomic E-state index is 0.655. The molecule has 0 radical (unpaired) electrons. The predicted molar refractivity (Wildman–Crippen MR) is 120 cm³/mol. The number of fused-ring (bicyclic) bond motifs is 1. The number of hydrogen-bond donors (Lipinski definition) is 0. The number of nitrogens with zero attached hydrogens (tertiary/aromatic N) is 2. The van der Waals surface area contributed by atoms with Crippen LogP contribution < -0.4 is 4.74 Å². The van der Waals surface area contributed by atoms with Crippen molar-refractivity contribution in [1.82, 2.24) is 8.96 Å². The lowest BCUT2D eigenvalue weighted by atomic mass is 10.1. The second kappa shape index (κ2) is 7.01. The largest absolute Gasteiger partial charge is 0.496 e. The van der Waals surface area contributed by atoms with Crippen LogP contribution in [0.4, 0.5) is 0 Å². The summed E-state index contributed by atoms with van der Waals surface area (Å²) in [6, 6.07) is 19.2. The third kappa shape index (κ3) is 3.12. The first-order valence-electron chi connectivity index (χ1n) is 8.25. The molecule has 0 saturated heterocycles. The van der Waals surface area contributed by atoms with E-state index >= 15 is 0 Å². The normalized spacial score (nSPS) is 13.4. The molecule has 2 aromatic carbocycles. The van der Waals surface area contributed by atoms with Crippen LogP contribution in [0.3, 0.4) is 0 Å². The highest BCUT2D eigenvalue weighted by Gasteiger charge is 2.18. The van der Waals surface area contributed by atoms with Crippen molar-refractivity contribution in [3.8, 4) is 16.9 Å². The number of halogens is 1. The standard InChI is InChI=1S/C21H17IN2O2S/c1-26-20-11-7-6-10-17(20)15-12-18-19(22)14-24(21(18)23-13-15)27(2,25)16-8-4-3-5-9-16/h3-14H,2H2,1H3. The number of pyridine rings is 1. The van der Waals surface area contributed by atoms with E-state index < -0.39 is 9.71 Å². The van der Waals surface area contributed by atoms with Crippen molar-refractivity contribution in [2.75, 3.05) is 7.11 Å². The van der Waals surface area contributed by atoms with Crippen molar-refractivity contribution in [2.24, 2.45) is 0 Å². The smallest absolute Gasteiger partial charge is 0.152 e. The van der Waals surface area contributed by atoms with Crippen LogP contribution in [0.15, 0.2) is 78.0 Å². The number of hydrogen-bond acceptors (Lipinski definition) is 3. The molecule has 1 unspecified atom stereocenters. The molecular weight excluding hydrogens is 471 g/mol. The maximum absolute atomic E-state index is 13.5. The Hall–Kier alpha value is -2.32. The fourth-order valence-corrected chi connectivity index (χ4v) is 5.42. The van der Waals surface area contributed by atoms with Gasteiger partial charge in [0.15, 0.2) is 5.65 Å². The highest BCUT2D eigenvalue weighted by Crippen LogP contribution is 2.33. The molecule has 0 aliphatic heterocycles. The Bertz CT molecular complexity index is 1230. The summed E-state index contributed by atoms with van der Waals surface area (Å²) in [5.41, 5.74) is 2.57. The molecule has 2 aromatic heterocycles. The minimum Gasteiger partial charge on any atom is -0.496 e. The van der Waals surface area contributed by atoms with E-state index in [1.807, 2.05) is 60.8 Å². The Morgan fingerprint density at radius 3 is 2.56 bits per heavy atom. The summed E-state index contributed by atoms with van der Waals surface area (Å²) >= 11 is 2.25. The van der Waals surface area contributed by atoms with Crippen molar-refractivity contribution >= 4 is 49.2 Å². The van der Waals surface area contributed by atoms with Gasteiger partial charge in [0, 0.05) is 32.5 Å². The highest BCUT2D eigenvalue weighted by molar-refractivity contribution is 14.1. The number of methoxy groups -OCH3 is 1. The van der Waals surface area contributed by atoms with E-state index in [9.17, 15) is 4.21 Å². The maximum Gasteiger partial charge on any atom is 0.152 e. The van der Waals surface area contributed by atoms with E-state index in [0.717, 1.165) is 25.8 Å². The zero-order valence-electron chi connectivity index (χ0n) is 14.6. The third-order valence-corrected chi connectivity index (χ3v) is 7.19. The van der Waals surface area contributed by atoms with Crippen LogP contribution in [0.25, 0.3) is 22.2 Å². The van der Waals surface area contributed by atoms with Crippen LogP contribution in [0.5, 0.6) is 5.75 Å². The first kappa shape index (κ1) is 18.1. The lowest BCUT2D eigenvalue weighted by Gasteiger charge is -2.12. The van der Waals surface area contributed by atoms with Gasteiger partial charge < -0.3 is 4.74 Å². The Kier molecular flexibility index (Phi) is 4.69. The summed E-state index contributed by atoms with van der Waals surface area (Å²) in [5.74, 6) is 4.80. The zero-order valence-corrected chi connectivity index (χ0v) is 17.6. The lowest BCUT2D eigenvalue weighted by Crippen LogP contribution is -2.12. The van der Waals surface area contributed by atoms with E-state index in [1.54, 1.807) is 17.3 Å². The first-order chi connectivity index (χ1) is 13.0. The minimum atomic E-state index is -2.71. The fraction of sp³-hybridized carbons (Fsp3) is 0.0476. The summed E-state index contributed by atoms with van der Waals surface area (Å²) in [7, 11) is -1.05. The Morgan fingerprint density at radius 2 is 1.81 bits per heavy atom. The van der Waals surface area contributed by atoms with Crippen LogP contribution in [0.1, 0.15) is 0 Å². The Morgan fingerprint density at radius 1 is 1.11 bits per heavy atom. The molecule has 136 valence electrons. The van der Waals surface area contributed by atoms with Crippen molar-refractivity contribution < 1.29 is 8.95 Å². The third-order valence-electron chi connectivity index (χ3n) is 4.41. The summed E-state index contributed by atoms with van der Waals surface area (Å²) < 4.78 is 21.6. The van der Waals surface area contributed by atoms with Crippen LogP contribution in [-0.4, -0.2) is 26.1 Å². The monoisotopic (exact) mass is 488 g/mol. The maximum atomic E-state index is 13.5. The molecule has 0 aliphatic rings. The molecule has 6 heteroatoms. The van der Waals surface area contributed by atoms with Crippen LogP contribution in [0.2, 0.25) is 0 Å². The highest BCUT2D eigenvalue weighted by atomic mass is 127. The van der Waals surface area contributed by atoms with Gasteiger partial charge in [-0.25, -0.2) is 9.19 Å². The van der Waals surface area contributed by atoms with E-state index in [0.29, 0.717) is 10.5 Å². The summed E-state index contributed by atoms with van der Waals surface area (Å²) in [6.07, 6.45) is 3.64. The number of benzene rings is 2. The average molecular weight is 488 g/mol. The van der Waals surface area contributed by atoms with E-state index in [4.69, 9.17) is 4.74 Å². The van der Waals surface area contributed by atoms with Gasteiger partial charge in [-0.15, -0.1) is 0 Å². The van der Waals surface area contributed by atoms with Gasteiger partial charge in [-0.05, 0) is 52.7 Å². The number of aromatic nitrogens is 2. The van der Waals surface area contributed by atoms with E-state index in [2.05, 4.69) is 39.5 Å². The van der Waals surface area contributed by atoms with Gasteiger partial charge in [0.2, 0.25) is 0 Å². The second-order valence-corrected chi connectivity index (χ2v) is 9.36. The van der Waals surface area contributed by atoms with Gasteiger partial charge in [-0.2, -0.15) is 0 Å². The van der Waals surface area contributed by atoms with Gasteiger partial charge in [0.25, 0.3) is 0 Å². The topological polar surface area (TPSA) is 44.1 Å². The van der Waals surface area contributed by atoms with Crippen molar-refractivity contribution in [1.29, 1.82) is 0 Å². The summed E-state index contributed by atoms with van der Waals surface area (Å²) in [4.78, 5) is 5.30. The van der Waals surface area contributed by atoms with Gasteiger partial charge in [0.1, 0.15) is 5.75 Å². The van der Waals surface area contributed by atoms with E-state index in [1.165, 1.54) is 0 Å². The number of para-hydroxylation sites is 1. The molecule has 0 N–H and O–H groups in total. The predicted octanol–water partition coefficient (Wildman–Crippen LogP) is 4.86. The van der Waals surface area contributed by atoms with Gasteiger partial charge in [0.05, 0.1) is 21.7 Å². The Labute approximate surface area is 172 Å². The number of rotatable bonds is 4.